The van der Waals surface area contributed by atoms with Gasteiger partial charge in [0, 0.05) is 40.9 Å². The van der Waals surface area contributed by atoms with Gasteiger partial charge in [0.25, 0.3) is 0 Å². The first-order chi connectivity index (χ1) is 14.3. The summed E-state index contributed by atoms with van der Waals surface area (Å²) in [5, 5.41) is 3.24. The largest absolute Gasteiger partial charge is 0.361 e. The number of carbonyl (C=O) groups excluding carboxylic acids is 1. The van der Waals surface area contributed by atoms with Crippen LogP contribution in [0.3, 0.4) is 0 Å². The molecule has 1 aromatic carbocycles. The monoisotopic (exact) mass is 402 g/mol. The number of benzene rings is 1. The molecule has 1 atom stereocenters. The van der Waals surface area contributed by atoms with Gasteiger partial charge in [0.05, 0.1) is 6.54 Å². The van der Waals surface area contributed by atoms with Gasteiger partial charge in [-0.2, -0.15) is 0 Å². The third kappa shape index (κ3) is 3.80. The number of aromatic nitrogens is 3. The van der Waals surface area contributed by atoms with E-state index in [1.54, 1.807) is 17.7 Å². The molecule has 1 aliphatic rings. The first kappa shape index (κ1) is 18.1. The molecule has 5 nitrogen and oxygen atoms in total. The average molecular weight is 403 g/mol. The number of carbonyl (C=O) groups is 1. The quantitative estimate of drug-likeness (QED) is 0.540. The van der Waals surface area contributed by atoms with E-state index in [0.29, 0.717) is 13.1 Å². The highest BCUT2D eigenvalue weighted by Gasteiger charge is 2.29. The molecule has 0 saturated carbocycles. The minimum Gasteiger partial charge on any atom is -0.361 e. The third-order valence-corrected chi connectivity index (χ3v) is 6.52. The summed E-state index contributed by atoms with van der Waals surface area (Å²) in [5.74, 6) is 0.214. The Labute approximate surface area is 173 Å². The molecule has 4 aromatic rings. The summed E-state index contributed by atoms with van der Waals surface area (Å²) < 4.78 is 0. The highest BCUT2D eigenvalue weighted by molar-refractivity contribution is 7.09. The van der Waals surface area contributed by atoms with E-state index in [1.807, 2.05) is 23.4 Å². The van der Waals surface area contributed by atoms with E-state index in [2.05, 4.69) is 50.7 Å². The van der Waals surface area contributed by atoms with Gasteiger partial charge in [0.15, 0.2) is 0 Å². The molecule has 0 aliphatic heterocycles. The number of nitrogens with one attached hydrogen (secondary N) is 1. The van der Waals surface area contributed by atoms with E-state index in [-0.39, 0.29) is 11.8 Å². The Morgan fingerprint density at radius 2 is 2.21 bits per heavy atom. The van der Waals surface area contributed by atoms with Gasteiger partial charge in [-0.25, -0.2) is 9.97 Å². The molecule has 29 heavy (non-hydrogen) atoms. The molecule has 0 spiro atoms. The van der Waals surface area contributed by atoms with Crippen molar-refractivity contribution < 1.29 is 4.79 Å². The van der Waals surface area contributed by atoms with E-state index < -0.39 is 0 Å². The summed E-state index contributed by atoms with van der Waals surface area (Å²) in [4.78, 5) is 28.5. The molecular weight excluding hydrogens is 380 g/mol. The van der Waals surface area contributed by atoms with Crippen molar-refractivity contribution in [2.24, 2.45) is 5.92 Å². The SMILES string of the molecule is O=C(C1CCc2ncncc2C1)N(Cc1ccc2[nH]ccc2c1)Cc1cccs1. The smallest absolute Gasteiger partial charge is 0.226 e. The van der Waals surface area contributed by atoms with E-state index in [1.165, 1.54) is 10.3 Å². The van der Waals surface area contributed by atoms with Crippen LogP contribution in [0.4, 0.5) is 0 Å². The van der Waals surface area contributed by atoms with Gasteiger partial charge < -0.3 is 9.88 Å². The minimum atomic E-state index is -0.00977. The number of thiophene rings is 1. The Bertz CT molecular complexity index is 1130. The predicted octanol–water partition coefficient (Wildman–Crippen LogP) is 4.35. The fraction of sp³-hybridized carbons (Fsp3) is 0.261. The molecule has 0 saturated heterocycles. The Hall–Kier alpha value is -2.99. The van der Waals surface area contributed by atoms with Crippen molar-refractivity contribution in [2.75, 3.05) is 0 Å². The van der Waals surface area contributed by atoms with Crippen LogP contribution in [0.5, 0.6) is 0 Å². The lowest BCUT2D eigenvalue weighted by Crippen LogP contribution is -2.37. The van der Waals surface area contributed by atoms with Crippen molar-refractivity contribution in [1.29, 1.82) is 0 Å². The topological polar surface area (TPSA) is 61.9 Å². The second-order valence-corrected chi connectivity index (χ2v) is 8.64. The van der Waals surface area contributed by atoms with Gasteiger partial charge in [-0.05, 0) is 65.4 Å². The number of nitrogens with zero attached hydrogens (tertiary/aromatic N) is 3. The first-order valence-electron chi connectivity index (χ1n) is 9.91. The summed E-state index contributed by atoms with van der Waals surface area (Å²) in [5.41, 5.74) is 4.48. The van der Waals surface area contributed by atoms with Gasteiger partial charge in [0.1, 0.15) is 6.33 Å². The molecule has 3 heterocycles. The van der Waals surface area contributed by atoms with Crippen molar-refractivity contribution in [3.8, 4) is 0 Å². The van der Waals surface area contributed by atoms with Crippen molar-refractivity contribution in [2.45, 2.75) is 32.4 Å². The summed E-state index contributed by atoms with van der Waals surface area (Å²) in [6.45, 7) is 1.27. The minimum absolute atomic E-state index is 0.00977. The van der Waals surface area contributed by atoms with E-state index >= 15 is 0 Å². The molecule has 1 unspecified atom stereocenters. The summed E-state index contributed by atoms with van der Waals surface area (Å²) >= 11 is 1.70. The molecule has 146 valence electrons. The molecule has 0 bridgehead atoms. The van der Waals surface area contributed by atoms with Gasteiger partial charge >= 0.3 is 0 Å². The summed E-state index contributed by atoms with van der Waals surface area (Å²) in [6, 6.07) is 12.6. The van der Waals surface area contributed by atoms with E-state index in [0.717, 1.165) is 41.6 Å². The van der Waals surface area contributed by atoms with E-state index in [4.69, 9.17) is 0 Å². The number of hydrogen-bond donors (Lipinski definition) is 1. The maximum Gasteiger partial charge on any atom is 0.226 e. The number of aryl methyl sites for hydroxylation is 1. The molecule has 1 amide bonds. The van der Waals surface area contributed by atoms with Crippen LogP contribution in [-0.2, 0) is 30.7 Å². The van der Waals surface area contributed by atoms with Gasteiger partial charge in [-0.15, -0.1) is 11.3 Å². The Balaban J connectivity index is 1.39. The normalized spacial score (nSPS) is 15.9. The lowest BCUT2D eigenvalue weighted by Gasteiger charge is -2.30. The first-order valence-corrected chi connectivity index (χ1v) is 10.8. The van der Waals surface area contributed by atoms with Crippen LogP contribution in [-0.4, -0.2) is 25.8 Å². The van der Waals surface area contributed by atoms with Crippen LogP contribution in [0.1, 0.15) is 28.1 Å². The Morgan fingerprint density at radius 3 is 3.10 bits per heavy atom. The van der Waals surface area contributed by atoms with Crippen LogP contribution in [0, 0.1) is 5.92 Å². The predicted molar refractivity (Wildman–Crippen MR) is 114 cm³/mol. The van der Waals surface area contributed by atoms with Crippen molar-refractivity contribution in [1.82, 2.24) is 19.9 Å². The van der Waals surface area contributed by atoms with Gasteiger partial charge in [0.2, 0.25) is 5.91 Å². The fourth-order valence-corrected chi connectivity index (χ4v) is 4.87. The number of rotatable bonds is 5. The number of fused-ring (bicyclic) bond motifs is 2. The lowest BCUT2D eigenvalue weighted by atomic mass is 9.86. The fourth-order valence-electron chi connectivity index (χ4n) is 4.15. The number of amides is 1. The second kappa shape index (κ2) is 7.79. The Kier molecular flexibility index (Phi) is 4.86. The van der Waals surface area contributed by atoms with Crippen LogP contribution in [0.2, 0.25) is 0 Å². The Morgan fingerprint density at radius 1 is 1.24 bits per heavy atom. The lowest BCUT2D eigenvalue weighted by molar-refractivity contribution is -0.137. The molecule has 1 N–H and O–H groups in total. The zero-order valence-electron chi connectivity index (χ0n) is 16.0. The zero-order chi connectivity index (χ0) is 19.6. The third-order valence-electron chi connectivity index (χ3n) is 5.66. The van der Waals surface area contributed by atoms with Crippen LogP contribution < -0.4 is 0 Å². The van der Waals surface area contributed by atoms with Gasteiger partial charge in [-0.3, -0.25) is 4.79 Å². The van der Waals surface area contributed by atoms with Crippen LogP contribution >= 0.6 is 11.3 Å². The molecule has 1 aliphatic carbocycles. The molecule has 5 rings (SSSR count). The van der Waals surface area contributed by atoms with Crippen LogP contribution in [0.15, 0.2) is 60.5 Å². The number of H-pyrrole nitrogens is 1. The maximum absolute atomic E-state index is 13.5. The molecule has 0 radical (unpaired) electrons. The average Bonchev–Trinajstić information content (AvgIpc) is 3.44. The number of hydrogen-bond acceptors (Lipinski definition) is 4. The second-order valence-electron chi connectivity index (χ2n) is 7.61. The number of aromatic amines is 1. The molecule has 3 aromatic heterocycles. The van der Waals surface area contributed by atoms with Crippen molar-refractivity contribution in [3.05, 3.63) is 82.2 Å². The van der Waals surface area contributed by atoms with Crippen LogP contribution in [0.25, 0.3) is 10.9 Å². The highest BCUT2D eigenvalue weighted by Crippen LogP contribution is 2.27. The van der Waals surface area contributed by atoms with Crippen molar-refractivity contribution >= 4 is 28.1 Å². The van der Waals surface area contributed by atoms with E-state index in [9.17, 15) is 4.79 Å². The highest BCUT2D eigenvalue weighted by atomic mass is 32.1. The van der Waals surface area contributed by atoms with Gasteiger partial charge in [-0.1, -0.05) is 12.1 Å². The standard InChI is InChI=1S/C23H22N4OS/c28-23(18-4-6-22-19(11-18)12-24-15-26-22)27(14-20-2-1-9-29-20)13-16-3-5-21-17(10-16)7-8-25-21/h1-3,5,7-10,12,15,18,25H,4,6,11,13-14H2. The summed E-state index contributed by atoms with van der Waals surface area (Å²) in [7, 11) is 0. The maximum atomic E-state index is 13.5. The van der Waals surface area contributed by atoms with Crippen molar-refractivity contribution in [3.63, 3.8) is 0 Å². The zero-order valence-corrected chi connectivity index (χ0v) is 16.9. The summed E-state index contributed by atoms with van der Waals surface area (Å²) in [6.07, 6.45) is 7.83. The molecule has 6 heteroatoms. The molecular formula is C23H22N4OS. The molecule has 0 fully saturated rings.